The molecular formula is C36H70O6Zn. The largest absolute Gasteiger partial charge is 2.00 e. The molecule has 0 rings (SSSR count). The predicted octanol–water partition coefficient (Wildman–Crippen LogP) is 7.93. The number of unbranched alkanes of at least 4 members (excludes halogenated alkanes) is 20. The van der Waals surface area contributed by atoms with E-state index in [9.17, 15) is 30.0 Å². The summed E-state index contributed by atoms with van der Waals surface area (Å²) in [6.45, 7) is 4.47. The van der Waals surface area contributed by atoms with E-state index in [1.54, 1.807) is 0 Å². The van der Waals surface area contributed by atoms with Gasteiger partial charge < -0.3 is 30.0 Å². The zero-order valence-electron chi connectivity index (χ0n) is 28.6. The Kier molecular flexibility index (Phi) is 43.1. The van der Waals surface area contributed by atoms with Crippen molar-refractivity contribution in [2.24, 2.45) is 0 Å². The molecule has 2 atom stereocenters. The van der Waals surface area contributed by atoms with Gasteiger partial charge in [-0.1, -0.05) is 155 Å². The first kappa shape index (κ1) is 46.9. The van der Waals surface area contributed by atoms with Crippen LogP contribution in [0.1, 0.15) is 206 Å². The summed E-state index contributed by atoms with van der Waals surface area (Å²) in [4.78, 5) is 20.5. The van der Waals surface area contributed by atoms with Crippen LogP contribution in [0, 0.1) is 0 Å². The fraction of sp³-hybridized carbons (Fsp3) is 0.944. The molecule has 0 saturated heterocycles. The quantitative estimate of drug-likeness (QED) is 0.0557. The molecule has 0 aliphatic carbocycles. The van der Waals surface area contributed by atoms with E-state index in [2.05, 4.69) is 13.8 Å². The maximum atomic E-state index is 10.2. The Morgan fingerprint density at radius 3 is 0.860 bits per heavy atom. The Labute approximate surface area is 279 Å². The zero-order valence-corrected chi connectivity index (χ0v) is 31.6. The van der Waals surface area contributed by atoms with Crippen LogP contribution in [-0.4, -0.2) is 34.4 Å². The van der Waals surface area contributed by atoms with Crippen LogP contribution >= 0.6 is 0 Å². The van der Waals surface area contributed by atoms with Crippen molar-refractivity contribution < 1.29 is 49.5 Å². The number of aliphatic hydroxyl groups is 2. The van der Waals surface area contributed by atoms with Crippen LogP contribution in [0.4, 0.5) is 0 Å². The summed E-state index contributed by atoms with van der Waals surface area (Å²) in [7, 11) is 0. The van der Waals surface area contributed by atoms with Crippen molar-refractivity contribution >= 4 is 11.9 Å². The van der Waals surface area contributed by atoms with Crippen molar-refractivity contribution in [1.29, 1.82) is 0 Å². The molecule has 0 aromatic rings. The van der Waals surface area contributed by atoms with Crippen LogP contribution < -0.4 is 10.2 Å². The number of hydrogen-bond acceptors (Lipinski definition) is 6. The fourth-order valence-electron chi connectivity index (χ4n) is 5.32. The SMILES string of the molecule is CCCCCCCCCC(O)CCCCCCCC(=O)[O-].CCCCCCCCCC(O)CCCCCCCC(=O)[O-].[Zn+2]. The van der Waals surface area contributed by atoms with E-state index in [1.165, 1.54) is 77.0 Å². The molecule has 43 heavy (non-hydrogen) atoms. The zero-order chi connectivity index (χ0) is 31.5. The summed E-state index contributed by atoms with van der Waals surface area (Å²) < 4.78 is 0. The Hall–Kier alpha value is -0.517. The molecule has 6 nitrogen and oxygen atoms in total. The molecule has 0 saturated carbocycles. The van der Waals surface area contributed by atoms with Crippen LogP contribution in [0.3, 0.4) is 0 Å². The summed E-state index contributed by atoms with van der Waals surface area (Å²) in [5.41, 5.74) is 0. The van der Waals surface area contributed by atoms with Gasteiger partial charge in [0, 0.05) is 11.9 Å². The second-order valence-electron chi connectivity index (χ2n) is 12.5. The molecule has 0 bridgehead atoms. The van der Waals surface area contributed by atoms with Crippen molar-refractivity contribution in [2.45, 2.75) is 219 Å². The van der Waals surface area contributed by atoms with Gasteiger partial charge in [-0.25, -0.2) is 0 Å². The molecule has 2 N–H and O–H groups in total. The molecule has 0 fully saturated rings. The first-order valence-corrected chi connectivity index (χ1v) is 18.1. The average Bonchev–Trinajstić information content (AvgIpc) is 2.95. The molecule has 0 aromatic carbocycles. The monoisotopic (exact) mass is 662 g/mol. The third-order valence-corrected chi connectivity index (χ3v) is 8.12. The van der Waals surface area contributed by atoms with E-state index in [4.69, 9.17) is 0 Å². The molecule has 252 valence electrons. The fourth-order valence-corrected chi connectivity index (χ4v) is 5.32. The van der Waals surface area contributed by atoms with Crippen LogP contribution in [0.25, 0.3) is 0 Å². The summed E-state index contributed by atoms with van der Waals surface area (Å²) in [5, 5.41) is 40.2. The van der Waals surface area contributed by atoms with Crippen LogP contribution in [0.2, 0.25) is 0 Å². The molecule has 7 heteroatoms. The van der Waals surface area contributed by atoms with Gasteiger partial charge in [-0.2, -0.15) is 0 Å². The van der Waals surface area contributed by atoms with Gasteiger partial charge in [-0.3, -0.25) is 0 Å². The van der Waals surface area contributed by atoms with E-state index in [0.29, 0.717) is 0 Å². The Morgan fingerprint density at radius 1 is 0.419 bits per heavy atom. The summed E-state index contributed by atoms with van der Waals surface area (Å²) in [6.07, 6.45) is 31.7. The normalized spacial score (nSPS) is 12.2. The van der Waals surface area contributed by atoms with Crippen LogP contribution in [0.5, 0.6) is 0 Å². The van der Waals surface area contributed by atoms with E-state index >= 15 is 0 Å². The number of carboxylic acid groups (broad SMARTS) is 2. The van der Waals surface area contributed by atoms with E-state index in [0.717, 1.165) is 103 Å². The molecule has 0 heterocycles. The molecule has 2 unspecified atom stereocenters. The maximum absolute atomic E-state index is 10.2. The second kappa shape index (κ2) is 39.5. The van der Waals surface area contributed by atoms with Gasteiger partial charge in [-0.15, -0.1) is 0 Å². The number of aliphatic hydroxyl groups excluding tert-OH is 2. The third kappa shape index (κ3) is 46.0. The number of carboxylic acids is 2. The first-order chi connectivity index (χ1) is 20.3. The molecular weight excluding hydrogens is 594 g/mol. The molecule has 0 aliphatic rings. The van der Waals surface area contributed by atoms with E-state index in [-0.39, 0.29) is 44.5 Å². The van der Waals surface area contributed by atoms with Gasteiger partial charge in [0.1, 0.15) is 0 Å². The number of carbonyl (C=O) groups excluding carboxylic acids is 2. The van der Waals surface area contributed by atoms with Crippen molar-refractivity contribution in [3.05, 3.63) is 0 Å². The predicted molar refractivity (Wildman–Crippen MR) is 172 cm³/mol. The topological polar surface area (TPSA) is 121 Å². The Balaban J connectivity index is -0.000000727. The number of carbonyl (C=O) groups is 2. The van der Waals surface area contributed by atoms with Crippen LogP contribution in [0.15, 0.2) is 0 Å². The van der Waals surface area contributed by atoms with E-state index in [1.807, 2.05) is 0 Å². The third-order valence-electron chi connectivity index (χ3n) is 8.12. The number of rotatable bonds is 32. The standard InChI is InChI=1S/2C18H36O3.Zn/c2*1-2-3-4-5-6-8-11-14-17(19)15-12-9-7-10-13-16-18(20)21;/h2*17,19H,2-16H2,1H3,(H,20,21);/q;;+2/p-2. The van der Waals surface area contributed by atoms with Crippen LogP contribution in [-0.2, 0) is 29.1 Å². The van der Waals surface area contributed by atoms with Gasteiger partial charge in [0.25, 0.3) is 0 Å². The van der Waals surface area contributed by atoms with E-state index < -0.39 is 11.9 Å². The molecule has 0 radical (unpaired) electrons. The van der Waals surface area contributed by atoms with Crippen molar-refractivity contribution in [3.63, 3.8) is 0 Å². The minimum absolute atomic E-state index is 0. The minimum atomic E-state index is -0.944. The molecule has 0 aliphatic heterocycles. The maximum Gasteiger partial charge on any atom is 2.00 e. The summed E-state index contributed by atoms with van der Waals surface area (Å²) >= 11 is 0. The molecule has 0 spiro atoms. The minimum Gasteiger partial charge on any atom is -0.550 e. The number of hydrogen-bond donors (Lipinski definition) is 2. The van der Waals surface area contributed by atoms with Crippen molar-refractivity contribution in [2.75, 3.05) is 0 Å². The van der Waals surface area contributed by atoms with Crippen molar-refractivity contribution in [1.82, 2.24) is 0 Å². The summed E-state index contributed by atoms with van der Waals surface area (Å²) in [5.74, 6) is -1.89. The van der Waals surface area contributed by atoms with Gasteiger partial charge in [-0.05, 0) is 51.4 Å². The Morgan fingerprint density at radius 2 is 0.628 bits per heavy atom. The first-order valence-electron chi connectivity index (χ1n) is 18.1. The Bertz CT molecular complexity index is 512. The smallest absolute Gasteiger partial charge is 0.550 e. The molecule has 0 aromatic heterocycles. The van der Waals surface area contributed by atoms with Gasteiger partial charge in [0.15, 0.2) is 0 Å². The molecule has 0 amide bonds. The van der Waals surface area contributed by atoms with Crippen molar-refractivity contribution in [3.8, 4) is 0 Å². The van der Waals surface area contributed by atoms with Gasteiger partial charge >= 0.3 is 19.5 Å². The second-order valence-corrected chi connectivity index (χ2v) is 12.5. The van der Waals surface area contributed by atoms with Gasteiger partial charge in [0.2, 0.25) is 0 Å². The number of aliphatic carboxylic acids is 2. The van der Waals surface area contributed by atoms with Gasteiger partial charge in [0.05, 0.1) is 12.2 Å². The average molecular weight is 664 g/mol. The summed E-state index contributed by atoms with van der Waals surface area (Å²) in [6, 6.07) is 0.